The van der Waals surface area contributed by atoms with Crippen molar-refractivity contribution in [1.82, 2.24) is 9.97 Å². The summed E-state index contributed by atoms with van der Waals surface area (Å²) in [5.74, 6) is 1.40. The molecule has 14 heavy (non-hydrogen) atoms. The molecule has 0 saturated carbocycles. The summed E-state index contributed by atoms with van der Waals surface area (Å²) in [6, 6.07) is 0. The molecule has 5 heteroatoms. The maximum Gasteiger partial charge on any atom is 0.149 e. The minimum Gasteiger partial charge on any atom is -0.382 e. The van der Waals surface area contributed by atoms with E-state index in [-0.39, 0.29) is 0 Å². The van der Waals surface area contributed by atoms with Crippen molar-refractivity contribution < 1.29 is 0 Å². The third-order valence-electron chi connectivity index (χ3n) is 2.44. The zero-order valence-electron chi connectivity index (χ0n) is 8.18. The van der Waals surface area contributed by atoms with Gasteiger partial charge >= 0.3 is 0 Å². The molecule has 0 bridgehead atoms. The molecule has 2 rings (SSSR count). The highest BCUT2D eigenvalue weighted by molar-refractivity contribution is 7.99. The van der Waals surface area contributed by atoms with Gasteiger partial charge in [0.2, 0.25) is 0 Å². The van der Waals surface area contributed by atoms with Gasteiger partial charge in [-0.15, -0.1) is 0 Å². The van der Waals surface area contributed by atoms with E-state index in [0.717, 1.165) is 24.2 Å². The minimum absolute atomic E-state index is 0.495. The van der Waals surface area contributed by atoms with Gasteiger partial charge in [0.25, 0.3) is 0 Å². The van der Waals surface area contributed by atoms with Crippen LogP contribution < -0.4 is 10.6 Å². The van der Waals surface area contributed by atoms with E-state index in [4.69, 9.17) is 5.73 Å². The van der Waals surface area contributed by atoms with E-state index in [0.29, 0.717) is 5.82 Å². The summed E-state index contributed by atoms with van der Waals surface area (Å²) in [6.07, 6.45) is 6.72. The number of nitrogens with two attached hydrogens (primary N) is 1. The van der Waals surface area contributed by atoms with E-state index in [1.165, 1.54) is 6.42 Å². The first-order valence-electron chi connectivity index (χ1n) is 4.65. The molecule has 1 saturated heterocycles. The van der Waals surface area contributed by atoms with Crippen molar-refractivity contribution in [3.8, 4) is 0 Å². The summed E-state index contributed by atoms with van der Waals surface area (Å²) in [7, 11) is 0. The topological polar surface area (TPSA) is 55.0 Å². The highest BCUT2D eigenvalue weighted by Crippen LogP contribution is 2.24. The van der Waals surface area contributed by atoms with Gasteiger partial charge in [-0.3, -0.25) is 4.98 Å². The first kappa shape index (κ1) is 9.58. The van der Waals surface area contributed by atoms with Crippen LogP contribution in [-0.4, -0.2) is 34.6 Å². The van der Waals surface area contributed by atoms with Crippen molar-refractivity contribution in [1.29, 1.82) is 0 Å². The van der Waals surface area contributed by atoms with E-state index in [1.807, 2.05) is 11.8 Å². The van der Waals surface area contributed by atoms with Crippen LogP contribution in [0.2, 0.25) is 0 Å². The molecular formula is C9H14N4S. The molecule has 1 unspecified atom stereocenters. The predicted octanol–water partition coefficient (Wildman–Crippen LogP) is 1.00. The molecule has 0 amide bonds. The minimum atomic E-state index is 0.495. The molecule has 1 fully saturated rings. The molecule has 0 spiro atoms. The molecule has 0 aliphatic carbocycles. The fraction of sp³-hybridized carbons (Fsp3) is 0.556. The summed E-state index contributed by atoms with van der Waals surface area (Å²) in [6.45, 7) is 2.11. The van der Waals surface area contributed by atoms with Gasteiger partial charge in [-0.25, -0.2) is 4.98 Å². The molecule has 76 valence electrons. The van der Waals surface area contributed by atoms with Crippen molar-refractivity contribution in [2.75, 3.05) is 30.0 Å². The smallest absolute Gasteiger partial charge is 0.149 e. The van der Waals surface area contributed by atoms with Gasteiger partial charge < -0.3 is 10.6 Å². The summed E-state index contributed by atoms with van der Waals surface area (Å²) in [5.41, 5.74) is 5.59. The van der Waals surface area contributed by atoms with Gasteiger partial charge in [-0.2, -0.15) is 11.8 Å². The van der Waals surface area contributed by atoms with Crippen LogP contribution in [-0.2, 0) is 0 Å². The first-order chi connectivity index (χ1) is 6.79. The number of nitrogens with zero attached hydrogens (tertiary/aromatic N) is 3. The van der Waals surface area contributed by atoms with Crippen LogP contribution in [0.25, 0.3) is 0 Å². The van der Waals surface area contributed by atoms with E-state index in [9.17, 15) is 0 Å². The second kappa shape index (κ2) is 4.04. The van der Waals surface area contributed by atoms with Gasteiger partial charge in [-0.05, 0) is 12.7 Å². The second-order valence-electron chi connectivity index (χ2n) is 3.39. The Kier molecular flexibility index (Phi) is 2.77. The maximum absolute atomic E-state index is 5.59. The fourth-order valence-electron chi connectivity index (χ4n) is 1.65. The number of thioether (sulfide) groups is 1. The Balaban J connectivity index is 2.09. The predicted molar refractivity (Wildman–Crippen MR) is 60.6 cm³/mol. The Labute approximate surface area is 87.9 Å². The van der Waals surface area contributed by atoms with Crippen LogP contribution in [0.5, 0.6) is 0 Å². The molecule has 1 aromatic heterocycles. The molecule has 1 aromatic rings. The lowest BCUT2D eigenvalue weighted by molar-refractivity contribution is 0.930. The van der Waals surface area contributed by atoms with E-state index >= 15 is 0 Å². The Morgan fingerprint density at radius 1 is 1.57 bits per heavy atom. The molecule has 1 atom stereocenters. The molecule has 4 nitrogen and oxygen atoms in total. The second-order valence-corrected chi connectivity index (χ2v) is 4.53. The van der Waals surface area contributed by atoms with Gasteiger partial charge in [0, 0.05) is 18.3 Å². The van der Waals surface area contributed by atoms with Crippen molar-refractivity contribution in [2.45, 2.75) is 11.7 Å². The molecule has 0 aromatic carbocycles. The van der Waals surface area contributed by atoms with Gasteiger partial charge in [0.15, 0.2) is 0 Å². The third kappa shape index (κ3) is 1.92. The lowest BCUT2D eigenvalue weighted by atomic mass is 10.4. The molecular weight excluding hydrogens is 196 g/mol. The SMILES string of the molecule is CSC1CCN(c2cncc(N)n2)C1. The summed E-state index contributed by atoms with van der Waals surface area (Å²) in [5, 5.41) is 0.721. The molecule has 2 N–H and O–H groups in total. The number of hydrogen-bond donors (Lipinski definition) is 1. The Hall–Kier alpha value is -0.970. The van der Waals surface area contributed by atoms with Crippen molar-refractivity contribution in [3.63, 3.8) is 0 Å². The number of nitrogen functional groups attached to an aromatic ring is 1. The van der Waals surface area contributed by atoms with Crippen molar-refractivity contribution in [2.24, 2.45) is 0 Å². The highest BCUT2D eigenvalue weighted by atomic mass is 32.2. The Morgan fingerprint density at radius 2 is 2.43 bits per heavy atom. The lowest BCUT2D eigenvalue weighted by Crippen LogP contribution is -2.21. The van der Waals surface area contributed by atoms with Crippen LogP contribution in [0.1, 0.15) is 6.42 Å². The quantitative estimate of drug-likeness (QED) is 0.789. The monoisotopic (exact) mass is 210 g/mol. The van der Waals surface area contributed by atoms with Crippen LogP contribution in [0.3, 0.4) is 0 Å². The average Bonchev–Trinajstić information content (AvgIpc) is 2.66. The van der Waals surface area contributed by atoms with Crippen LogP contribution in [0.4, 0.5) is 11.6 Å². The zero-order chi connectivity index (χ0) is 9.97. The van der Waals surface area contributed by atoms with E-state index in [1.54, 1.807) is 12.4 Å². The van der Waals surface area contributed by atoms with Crippen molar-refractivity contribution in [3.05, 3.63) is 12.4 Å². The highest BCUT2D eigenvalue weighted by Gasteiger charge is 2.22. The molecule has 1 aliphatic heterocycles. The van der Waals surface area contributed by atoms with Crippen molar-refractivity contribution >= 4 is 23.4 Å². The summed E-state index contributed by atoms with van der Waals surface area (Å²) >= 11 is 1.91. The number of hydrogen-bond acceptors (Lipinski definition) is 5. The van der Waals surface area contributed by atoms with E-state index < -0.39 is 0 Å². The van der Waals surface area contributed by atoms with Crippen LogP contribution in [0.15, 0.2) is 12.4 Å². The number of anilines is 2. The fourth-order valence-corrected chi connectivity index (χ4v) is 2.32. The van der Waals surface area contributed by atoms with Crippen LogP contribution in [0, 0.1) is 0 Å². The number of rotatable bonds is 2. The first-order valence-corrected chi connectivity index (χ1v) is 5.93. The van der Waals surface area contributed by atoms with Gasteiger partial charge in [0.05, 0.1) is 12.4 Å². The summed E-state index contributed by atoms with van der Waals surface area (Å²) < 4.78 is 0. The summed E-state index contributed by atoms with van der Waals surface area (Å²) in [4.78, 5) is 10.5. The number of aromatic nitrogens is 2. The van der Waals surface area contributed by atoms with Gasteiger partial charge in [0.1, 0.15) is 11.6 Å². The Morgan fingerprint density at radius 3 is 3.07 bits per heavy atom. The maximum atomic E-state index is 5.59. The molecule has 0 radical (unpaired) electrons. The Bertz CT molecular complexity index is 317. The van der Waals surface area contributed by atoms with E-state index in [2.05, 4.69) is 21.1 Å². The third-order valence-corrected chi connectivity index (χ3v) is 3.49. The standard InChI is InChI=1S/C9H14N4S/c1-14-7-2-3-13(6-7)9-5-11-4-8(10)12-9/h4-5,7H,2-3,6H2,1H3,(H2,10,12). The largest absolute Gasteiger partial charge is 0.382 e. The zero-order valence-corrected chi connectivity index (χ0v) is 9.00. The lowest BCUT2D eigenvalue weighted by Gasteiger charge is -2.16. The molecule has 1 aliphatic rings. The average molecular weight is 210 g/mol. The molecule has 2 heterocycles. The van der Waals surface area contributed by atoms with Crippen LogP contribution >= 0.6 is 11.8 Å². The van der Waals surface area contributed by atoms with Gasteiger partial charge in [-0.1, -0.05) is 0 Å². The normalized spacial score (nSPS) is 21.5.